The van der Waals surface area contributed by atoms with E-state index in [0.717, 1.165) is 17.4 Å². The summed E-state index contributed by atoms with van der Waals surface area (Å²) >= 11 is 0. The molecule has 0 saturated heterocycles. The Morgan fingerprint density at radius 3 is 2.14 bits per heavy atom. The van der Waals surface area contributed by atoms with E-state index in [2.05, 4.69) is 59.4 Å². The highest BCUT2D eigenvalue weighted by Crippen LogP contribution is 2.34. The van der Waals surface area contributed by atoms with Crippen LogP contribution >= 0.6 is 0 Å². The molecule has 1 aromatic rings. The molecule has 0 aliphatic heterocycles. The highest BCUT2D eigenvalue weighted by molar-refractivity contribution is 5.41. The molecular formula is C27H44O2. The maximum Gasteiger partial charge on any atom is 0.122 e. The molecule has 2 rings (SSSR count). The van der Waals surface area contributed by atoms with Crippen LogP contribution in [0.25, 0.3) is 0 Å². The van der Waals surface area contributed by atoms with E-state index >= 15 is 0 Å². The van der Waals surface area contributed by atoms with Crippen molar-refractivity contribution >= 4 is 0 Å². The summed E-state index contributed by atoms with van der Waals surface area (Å²) in [6.45, 7) is 15.2. The minimum atomic E-state index is 0.162. The van der Waals surface area contributed by atoms with Gasteiger partial charge in [-0.1, -0.05) is 70.3 Å². The topological polar surface area (TPSA) is 18.5 Å². The van der Waals surface area contributed by atoms with Crippen LogP contribution in [0.4, 0.5) is 0 Å². The van der Waals surface area contributed by atoms with E-state index in [0.29, 0.717) is 0 Å². The molecule has 0 radical (unpaired) electrons. The Balaban J connectivity index is 0.000000352. The van der Waals surface area contributed by atoms with Crippen LogP contribution in [0.2, 0.25) is 0 Å². The predicted molar refractivity (Wildman–Crippen MR) is 127 cm³/mol. The van der Waals surface area contributed by atoms with Gasteiger partial charge in [-0.15, -0.1) is 0 Å². The van der Waals surface area contributed by atoms with Crippen molar-refractivity contribution in [3.05, 3.63) is 47.6 Å². The lowest BCUT2D eigenvalue weighted by atomic mass is 9.80. The van der Waals surface area contributed by atoms with Gasteiger partial charge in [0.05, 0.1) is 14.2 Å². The summed E-state index contributed by atoms with van der Waals surface area (Å²) in [5.41, 5.74) is 4.36. The Morgan fingerprint density at radius 2 is 1.69 bits per heavy atom. The number of hydrogen-bond acceptors (Lipinski definition) is 2. The second kappa shape index (κ2) is 12.8. The molecule has 0 saturated carbocycles. The lowest BCUT2D eigenvalue weighted by Crippen LogP contribution is -2.17. The van der Waals surface area contributed by atoms with Crippen molar-refractivity contribution in [2.24, 2.45) is 5.92 Å². The molecule has 0 fully saturated rings. The number of hydrogen-bond donors (Lipinski definition) is 0. The van der Waals surface area contributed by atoms with E-state index < -0.39 is 0 Å². The third-order valence-electron chi connectivity index (χ3n) is 6.12. The second-order valence-electron chi connectivity index (χ2n) is 9.16. The van der Waals surface area contributed by atoms with E-state index in [1.807, 2.05) is 6.07 Å². The standard InChI is InChI=1S/C17H28O2.C10H16/c1-6-7-8-9-10-17(2,3)14-11-15(18-4)13-16(12-14)19-5;1-8(2)10-6-4-9(3)5-7-10/h11-13H,6-10H2,1-5H3;4,10H,1,5-7H2,2-3H3/t;10-/m.0/s1. The van der Waals surface area contributed by atoms with Gasteiger partial charge in [0.15, 0.2) is 0 Å². The fourth-order valence-electron chi connectivity index (χ4n) is 3.75. The molecule has 164 valence electrons. The molecule has 1 aliphatic carbocycles. The van der Waals surface area contributed by atoms with Gasteiger partial charge in [-0.25, -0.2) is 0 Å². The maximum atomic E-state index is 5.36. The van der Waals surface area contributed by atoms with Crippen molar-refractivity contribution in [1.82, 2.24) is 0 Å². The maximum absolute atomic E-state index is 5.36. The third-order valence-corrected chi connectivity index (χ3v) is 6.12. The largest absolute Gasteiger partial charge is 0.497 e. The zero-order valence-electron chi connectivity index (χ0n) is 20.1. The second-order valence-corrected chi connectivity index (χ2v) is 9.16. The fraction of sp³-hybridized carbons (Fsp3) is 0.630. The summed E-state index contributed by atoms with van der Waals surface area (Å²) in [4.78, 5) is 0. The SMILES string of the molecule is C=C(C)[C@H]1CC=C(C)CC1.CCCCCCC(C)(C)c1cc(OC)cc(OC)c1. The van der Waals surface area contributed by atoms with Crippen molar-refractivity contribution < 1.29 is 9.47 Å². The Bertz CT molecular complexity index is 632. The van der Waals surface area contributed by atoms with Gasteiger partial charge in [-0.2, -0.15) is 0 Å². The van der Waals surface area contributed by atoms with Crippen LogP contribution in [0.15, 0.2) is 42.0 Å². The van der Waals surface area contributed by atoms with Gasteiger partial charge < -0.3 is 9.47 Å². The van der Waals surface area contributed by atoms with Gasteiger partial charge in [0.1, 0.15) is 11.5 Å². The lowest BCUT2D eigenvalue weighted by molar-refractivity contribution is 0.386. The monoisotopic (exact) mass is 400 g/mol. The Hall–Kier alpha value is -1.70. The molecule has 0 amide bonds. The molecule has 0 bridgehead atoms. The average Bonchev–Trinajstić information content (AvgIpc) is 2.71. The summed E-state index contributed by atoms with van der Waals surface area (Å²) in [5.74, 6) is 2.51. The van der Waals surface area contributed by atoms with Crippen LogP contribution in [-0.4, -0.2) is 14.2 Å². The number of allylic oxidation sites excluding steroid dienone is 3. The third kappa shape index (κ3) is 9.10. The number of ether oxygens (including phenoxy) is 2. The van der Waals surface area contributed by atoms with Crippen LogP contribution in [0.1, 0.15) is 91.5 Å². The summed E-state index contributed by atoms with van der Waals surface area (Å²) in [7, 11) is 3.40. The van der Waals surface area contributed by atoms with E-state index in [-0.39, 0.29) is 5.41 Å². The zero-order valence-corrected chi connectivity index (χ0v) is 20.1. The van der Waals surface area contributed by atoms with Crippen molar-refractivity contribution in [1.29, 1.82) is 0 Å². The highest BCUT2D eigenvalue weighted by Gasteiger charge is 2.21. The minimum absolute atomic E-state index is 0.162. The molecule has 1 atom stereocenters. The smallest absolute Gasteiger partial charge is 0.122 e. The van der Waals surface area contributed by atoms with Gasteiger partial charge in [0.25, 0.3) is 0 Å². The number of unbranched alkanes of at least 4 members (excludes halogenated alkanes) is 3. The first-order chi connectivity index (χ1) is 13.7. The van der Waals surface area contributed by atoms with E-state index in [9.17, 15) is 0 Å². The van der Waals surface area contributed by atoms with Gasteiger partial charge in [0, 0.05) is 6.07 Å². The van der Waals surface area contributed by atoms with Crippen molar-refractivity contribution in [2.75, 3.05) is 14.2 Å². The van der Waals surface area contributed by atoms with E-state index in [1.54, 1.807) is 19.8 Å². The number of benzene rings is 1. The zero-order chi connectivity index (χ0) is 21.9. The van der Waals surface area contributed by atoms with E-state index in [1.165, 1.54) is 62.5 Å². The van der Waals surface area contributed by atoms with Gasteiger partial charge in [-0.3, -0.25) is 0 Å². The number of rotatable bonds is 9. The average molecular weight is 401 g/mol. The summed E-state index contributed by atoms with van der Waals surface area (Å²) in [6, 6.07) is 6.18. The predicted octanol–water partition coefficient (Wildman–Crippen LogP) is 8.26. The minimum Gasteiger partial charge on any atom is -0.497 e. The van der Waals surface area contributed by atoms with Crippen molar-refractivity contribution in [2.45, 2.75) is 91.4 Å². The lowest BCUT2D eigenvalue weighted by Gasteiger charge is -2.26. The quantitative estimate of drug-likeness (QED) is 0.307. The normalized spacial score (nSPS) is 16.4. The van der Waals surface area contributed by atoms with Gasteiger partial charge in [-0.05, 0) is 68.6 Å². The highest BCUT2D eigenvalue weighted by atomic mass is 16.5. The fourth-order valence-corrected chi connectivity index (χ4v) is 3.75. The summed E-state index contributed by atoms with van der Waals surface area (Å²) < 4.78 is 10.7. The molecule has 0 spiro atoms. The van der Waals surface area contributed by atoms with Crippen molar-refractivity contribution in [3.8, 4) is 11.5 Å². The molecular weight excluding hydrogens is 356 g/mol. The Kier molecular flexibility index (Phi) is 11.2. The first-order valence-electron chi connectivity index (χ1n) is 11.3. The molecule has 2 heteroatoms. The van der Waals surface area contributed by atoms with Gasteiger partial charge >= 0.3 is 0 Å². The number of methoxy groups -OCH3 is 2. The van der Waals surface area contributed by atoms with E-state index in [4.69, 9.17) is 9.47 Å². The molecule has 1 aromatic carbocycles. The Labute approximate surface area is 180 Å². The molecule has 0 aromatic heterocycles. The molecule has 29 heavy (non-hydrogen) atoms. The summed E-state index contributed by atoms with van der Waals surface area (Å²) in [5, 5.41) is 0. The van der Waals surface area contributed by atoms with Crippen LogP contribution in [0.3, 0.4) is 0 Å². The Morgan fingerprint density at radius 1 is 1.07 bits per heavy atom. The first kappa shape index (κ1) is 25.3. The van der Waals surface area contributed by atoms with Gasteiger partial charge in [0.2, 0.25) is 0 Å². The molecule has 1 aliphatic rings. The van der Waals surface area contributed by atoms with Crippen molar-refractivity contribution in [3.63, 3.8) is 0 Å². The molecule has 0 heterocycles. The van der Waals surface area contributed by atoms with Crippen LogP contribution in [0, 0.1) is 5.92 Å². The van der Waals surface area contributed by atoms with Crippen LogP contribution in [0.5, 0.6) is 11.5 Å². The van der Waals surface area contributed by atoms with Crippen LogP contribution in [-0.2, 0) is 5.41 Å². The summed E-state index contributed by atoms with van der Waals surface area (Å²) in [6.07, 6.45) is 12.6. The molecule has 0 unspecified atom stereocenters. The molecule has 0 N–H and O–H groups in total. The van der Waals surface area contributed by atoms with Crippen LogP contribution < -0.4 is 9.47 Å². The first-order valence-corrected chi connectivity index (χ1v) is 11.3. The molecule has 2 nitrogen and oxygen atoms in total.